The lowest BCUT2D eigenvalue weighted by Gasteiger charge is -2.30. The van der Waals surface area contributed by atoms with Crippen molar-refractivity contribution in [2.75, 3.05) is 20.1 Å². The van der Waals surface area contributed by atoms with Crippen molar-refractivity contribution in [3.63, 3.8) is 0 Å². The Morgan fingerprint density at radius 3 is 2.47 bits per heavy atom. The third kappa shape index (κ3) is 5.40. The topological polar surface area (TPSA) is 104 Å². The molecule has 3 rings (SSSR count). The molecule has 1 amide bonds. The van der Waals surface area contributed by atoms with Gasteiger partial charge in [-0.1, -0.05) is 18.2 Å². The van der Waals surface area contributed by atoms with E-state index in [9.17, 15) is 21.6 Å². The van der Waals surface area contributed by atoms with Crippen LogP contribution in [0.1, 0.15) is 32.3 Å². The first-order valence-corrected chi connectivity index (χ1v) is 14.2. The summed E-state index contributed by atoms with van der Waals surface area (Å²) in [4.78, 5) is 12.9. The molecule has 1 aromatic heterocycles. The molecule has 1 fully saturated rings. The minimum Gasteiger partial charge on any atom is -0.352 e. The fourth-order valence-electron chi connectivity index (χ4n) is 3.47. The van der Waals surface area contributed by atoms with E-state index >= 15 is 0 Å². The van der Waals surface area contributed by atoms with E-state index in [0.29, 0.717) is 19.4 Å². The van der Waals surface area contributed by atoms with Gasteiger partial charge in [-0.3, -0.25) is 4.79 Å². The molecular weight excluding hydrogens is 470 g/mol. The minimum absolute atomic E-state index is 0.155. The van der Waals surface area contributed by atoms with E-state index in [1.165, 1.54) is 32.1 Å². The van der Waals surface area contributed by atoms with Crippen LogP contribution in [0.2, 0.25) is 0 Å². The Balaban J connectivity index is 1.60. The van der Waals surface area contributed by atoms with E-state index in [0.717, 1.165) is 5.56 Å². The number of thiophene rings is 1. The van der Waals surface area contributed by atoms with Crippen molar-refractivity contribution >= 4 is 37.3 Å². The number of carbonyl (C=O) groups is 1. The number of benzene rings is 1. The number of sulfonamides is 2. The normalized spacial score (nSPS) is 18.2. The van der Waals surface area contributed by atoms with Crippen LogP contribution >= 0.6 is 11.3 Å². The average Bonchev–Trinajstić information content (AvgIpc) is 3.33. The van der Waals surface area contributed by atoms with Crippen molar-refractivity contribution in [2.24, 2.45) is 5.92 Å². The van der Waals surface area contributed by atoms with E-state index < -0.39 is 26.0 Å². The zero-order valence-electron chi connectivity index (χ0n) is 18.4. The van der Waals surface area contributed by atoms with Crippen molar-refractivity contribution in [3.8, 4) is 0 Å². The van der Waals surface area contributed by atoms with Crippen LogP contribution in [0.5, 0.6) is 0 Å². The molecule has 176 valence electrons. The van der Waals surface area contributed by atoms with Crippen LogP contribution in [0, 0.1) is 5.92 Å². The molecule has 8 nitrogen and oxygen atoms in total. The summed E-state index contributed by atoms with van der Waals surface area (Å²) < 4.78 is 53.6. The Kier molecular flexibility index (Phi) is 7.77. The molecule has 2 heterocycles. The summed E-state index contributed by atoms with van der Waals surface area (Å²) >= 11 is 1.17. The number of piperidine rings is 1. The molecule has 0 radical (unpaired) electrons. The standard InChI is InChI=1S/C21H29N3O5S3/c1-16(2)23(3)31(26,27)19-10-8-17(9-11-19)14-22-21(25)18-6-4-12-24(15-18)32(28,29)20-7-5-13-30-20/h5,7-11,13,16,18H,4,6,12,14-15H2,1-3H3,(H,22,25). The summed E-state index contributed by atoms with van der Waals surface area (Å²) in [6.07, 6.45) is 1.25. The predicted molar refractivity (Wildman–Crippen MR) is 124 cm³/mol. The Hall–Kier alpha value is -1.79. The number of rotatable bonds is 8. The fraction of sp³-hybridized carbons (Fsp3) is 0.476. The van der Waals surface area contributed by atoms with Gasteiger partial charge in [0.25, 0.3) is 10.0 Å². The highest BCUT2D eigenvalue weighted by atomic mass is 32.2. The zero-order chi connectivity index (χ0) is 23.5. The Morgan fingerprint density at radius 1 is 1.19 bits per heavy atom. The van der Waals surface area contributed by atoms with Gasteiger partial charge in [-0.05, 0) is 55.8 Å². The van der Waals surface area contributed by atoms with E-state index in [1.807, 2.05) is 0 Å². The maximum atomic E-state index is 12.8. The second kappa shape index (κ2) is 10.0. The maximum Gasteiger partial charge on any atom is 0.252 e. The molecule has 1 saturated heterocycles. The largest absolute Gasteiger partial charge is 0.352 e. The molecule has 0 bridgehead atoms. The fourth-order valence-corrected chi connectivity index (χ4v) is 7.50. The van der Waals surface area contributed by atoms with Crippen molar-refractivity contribution in [3.05, 3.63) is 47.3 Å². The summed E-state index contributed by atoms with van der Waals surface area (Å²) in [6, 6.07) is 9.54. The highest BCUT2D eigenvalue weighted by Crippen LogP contribution is 2.26. The zero-order valence-corrected chi connectivity index (χ0v) is 20.8. The van der Waals surface area contributed by atoms with Gasteiger partial charge in [0.05, 0.1) is 10.8 Å². The van der Waals surface area contributed by atoms with Crippen molar-refractivity contribution in [1.82, 2.24) is 13.9 Å². The van der Waals surface area contributed by atoms with Crippen LogP contribution in [0.15, 0.2) is 50.9 Å². The molecular formula is C21H29N3O5S3. The number of carbonyl (C=O) groups excluding carboxylic acids is 1. The second-order valence-electron chi connectivity index (χ2n) is 8.11. The molecule has 1 N–H and O–H groups in total. The van der Waals surface area contributed by atoms with E-state index in [2.05, 4.69) is 5.32 Å². The first-order valence-electron chi connectivity index (χ1n) is 10.4. The third-order valence-corrected chi connectivity index (χ3v) is 10.9. The Bertz CT molecular complexity index is 1130. The van der Waals surface area contributed by atoms with Gasteiger partial charge < -0.3 is 5.32 Å². The summed E-state index contributed by atoms with van der Waals surface area (Å²) in [5.74, 6) is -0.620. The van der Waals surface area contributed by atoms with Crippen molar-refractivity contribution in [1.29, 1.82) is 0 Å². The van der Waals surface area contributed by atoms with Gasteiger partial charge >= 0.3 is 0 Å². The first-order chi connectivity index (χ1) is 15.0. The van der Waals surface area contributed by atoms with Crippen LogP contribution in [-0.4, -0.2) is 57.5 Å². The number of amides is 1. The molecule has 11 heteroatoms. The van der Waals surface area contributed by atoms with Crippen LogP contribution < -0.4 is 5.32 Å². The van der Waals surface area contributed by atoms with Crippen molar-refractivity contribution in [2.45, 2.75) is 48.4 Å². The monoisotopic (exact) mass is 499 g/mol. The van der Waals surface area contributed by atoms with Crippen LogP contribution in [0.3, 0.4) is 0 Å². The van der Waals surface area contributed by atoms with E-state index in [1.54, 1.807) is 50.5 Å². The van der Waals surface area contributed by atoms with Gasteiger partial charge in [-0.15, -0.1) is 11.3 Å². The minimum atomic E-state index is -3.57. The van der Waals surface area contributed by atoms with Gasteiger partial charge in [0.15, 0.2) is 0 Å². The lowest BCUT2D eigenvalue weighted by molar-refractivity contribution is -0.126. The molecule has 0 saturated carbocycles. The summed E-state index contributed by atoms with van der Waals surface area (Å²) in [5, 5.41) is 4.58. The van der Waals surface area contributed by atoms with E-state index in [4.69, 9.17) is 0 Å². The molecule has 1 aliphatic heterocycles. The third-order valence-electron chi connectivity index (χ3n) is 5.64. The van der Waals surface area contributed by atoms with Gasteiger partial charge in [0, 0.05) is 32.7 Å². The average molecular weight is 500 g/mol. The number of hydrogen-bond donors (Lipinski definition) is 1. The molecule has 1 atom stereocenters. The van der Waals surface area contributed by atoms with Crippen LogP contribution in [0.4, 0.5) is 0 Å². The number of nitrogens with zero attached hydrogens (tertiary/aromatic N) is 2. The maximum absolute atomic E-state index is 12.8. The lowest BCUT2D eigenvalue weighted by atomic mass is 9.99. The summed E-state index contributed by atoms with van der Waals surface area (Å²) in [5.41, 5.74) is 0.767. The first kappa shape index (κ1) is 24.8. The summed E-state index contributed by atoms with van der Waals surface area (Å²) in [6.45, 7) is 4.42. The van der Waals surface area contributed by atoms with Gasteiger partial charge in [-0.2, -0.15) is 8.61 Å². The summed E-state index contributed by atoms with van der Waals surface area (Å²) in [7, 11) is -5.59. The number of nitrogens with one attached hydrogen (secondary N) is 1. The van der Waals surface area contributed by atoms with Gasteiger partial charge in [-0.25, -0.2) is 16.8 Å². The molecule has 0 aliphatic carbocycles. The van der Waals surface area contributed by atoms with Crippen molar-refractivity contribution < 1.29 is 21.6 Å². The van der Waals surface area contributed by atoms with Gasteiger partial charge in [0.2, 0.25) is 15.9 Å². The van der Waals surface area contributed by atoms with Crippen LogP contribution in [0.25, 0.3) is 0 Å². The molecule has 2 aromatic rings. The highest BCUT2D eigenvalue weighted by Gasteiger charge is 2.33. The Labute approximate surface area is 194 Å². The van der Waals surface area contributed by atoms with E-state index in [-0.39, 0.29) is 34.1 Å². The molecule has 1 unspecified atom stereocenters. The SMILES string of the molecule is CC(C)N(C)S(=O)(=O)c1ccc(CNC(=O)C2CCCN(S(=O)(=O)c3cccs3)C2)cc1. The van der Waals surface area contributed by atoms with Gasteiger partial charge in [0.1, 0.15) is 4.21 Å². The smallest absolute Gasteiger partial charge is 0.252 e. The number of hydrogen-bond acceptors (Lipinski definition) is 6. The highest BCUT2D eigenvalue weighted by molar-refractivity contribution is 7.91. The Morgan fingerprint density at radius 2 is 1.88 bits per heavy atom. The van der Waals surface area contributed by atoms with Crippen LogP contribution in [-0.2, 0) is 31.4 Å². The molecule has 0 spiro atoms. The lowest BCUT2D eigenvalue weighted by Crippen LogP contribution is -2.45. The second-order valence-corrected chi connectivity index (χ2v) is 13.2. The quantitative estimate of drug-likeness (QED) is 0.601. The molecule has 1 aliphatic rings. The predicted octanol–water partition coefficient (Wildman–Crippen LogP) is 2.49. The molecule has 1 aromatic carbocycles. The molecule has 32 heavy (non-hydrogen) atoms.